The lowest BCUT2D eigenvalue weighted by Gasteiger charge is -2.36. The molecule has 0 saturated heterocycles. The SMILES string of the molecule is COC(=O)Cc1cn(C[C@@H](CCO[Si](C)(C)C(C)(C)C)NS(=O)(=O)c2ccc(F)cc2)c2cccnc12. The van der Waals surface area contributed by atoms with Gasteiger partial charge >= 0.3 is 5.97 Å². The van der Waals surface area contributed by atoms with E-state index in [1.807, 2.05) is 16.8 Å². The highest BCUT2D eigenvalue weighted by Crippen LogP contribution is 2.36. The molecule has 1 atom stereocenters. The molecule has 37 heavy (non-hydrogen) atoms. The van der Waals surface area contributed by atoms with Gasteiger partial charge in [-0.15, -0.1) is 0 Å². The molecular formula is C26H36FN3O5SSi. The summed E-state index contributed by atoms with van der Waals surface area (Å²) in [4.78, 5) is 16.4. The fraction of sp³-hybridized carbons (Fsp3) is 0.462. The number of ether oxygens (including phenoxy) is 1. The van der Waals surface area contributed by atoms with E-state index in [1.165, 1.54) is 19.2 Å². The Morgan fingerprint density at radius 3 is 2.49 bits per heavy atom. The van der Waals surface area contributed by atoms with Gasteiger partial charge in [0.05, 0.1) is 29.5 Å². The Morgan fingerprint density at radius 1 is 1.19 bits per heavy atom. The average molecular weight is 550 g/mol. The number of aromatic nitrogens is 2. The first-order valence-electron chi connectivity index (χ1n) is 12.1. The molecule has 11 heteroatoms. The Bertz CT molecular complexity index is 1330. The standard InChI is InChI=1S/C26H36FN3O5SSi/c1-26(2,3)37(5,6)35-15-13-21(29-36(32,33)22-11-9-20(27)10-12-22)18-30-17-19(16-24(31)34-4)25-23(30)8-7-14-28-25/h7-12,14,17,21,29H,13,15-16,18H2,1-6H3/t21-/m1/s1. The van der Waals surface area contributed by atoms with Crippen LogP contribution >= 0.6 is 0 Å². The van der Waals surface area contributed by atoms with Crippen molar-refractivity contribution in [3.05, 3.63) is 60.2 Å². The smallest absolute Gasteiger partial charge is 0.310 e. The topological polar surface area (TPSA) is 99.5 Å². The first-order chi connectivity index (χ1) is 17.2. The predicted octanol–water partition coefficient (Wildman–Crippen LogP) is 4.65. The predicted molar refractivity (Wildman–Crippen MR) is 144 cm³/mol. The summed E-state index contributed by atoms with van der Waals surface area (Å²) < 4.78 is 55.6. The zero-order valence-electron chi connectivity index (χ0n) is 22.2. The van der Waals surface area contributed by atoms with Crippen molar-refractivity contribution < 1.29 is 26.8 Å². The number of halogens is 1. The van der Waals surface area contributed by atoms with Crippen LogP contribution in [0.4, 0.5) is 4.39 Å². The zero-order valence-corrected chi connectivity index (χ0v) is 24.1. The Hall–Kier alpha value is -2.60. The van der Waals surface area contributed by atoms with Crippen LogP contribution in [0.2, 0.25) is 18.1 Å². The summed E-state index contributed by atoms with van der Waals surface area (Å²) in [6.07, 6.45) is 3.92. The molecule has 0 fully saturated rings. The molecule has 2 heterocycles. The number of hydrogen-bond donors (Lipinski definition) is 1. The summed E-state index contributed by atoms with van der Waals surface area (Å²) in [6, 6.07) is 7.85. The molecule has 1 N–H and O–H groups in total. The molecule has 3 aromatic rings. The Kier molecular flexibility index (Phi) is 8.94. The van der Waals surface area contributed by atoms with Crippen molar-refractivity contribution >= 4 is 35.3 Å². The van der Waals surface area contributed by atoms with E-state index in [4.69, 9.17) is 9.16 Å². The highest BCUT2D eigenvalue weighted by atomic mass is 32.2. The van der Waals surface area contributed by atoms with Crippen molar-refractivity contribution in [3.63, 3.8) is 0 Å². The molecule has 1 aromatic carbocycles. The Balaban J connectivity index is 1.90. The minimum absolute atomic E-state index is 0.0151. The summed E-state index contributed by atoms with van der Waals surface area (Å²) >= 11 is 0. The van der Waals surface area contributed by atoms with Crippen molar-refractivity contribution in [2.45, 2.75) is 69.2 Å². The average Bonchev–Trinajstić information content (AvgIpc) is 3.15. The molecule has 0 aliphatic heterocycles. The number of benzene rings is 1. The Labute approximate surface area is 219 Å². The maximum Gasteiger partial charge on any atom is 0.310 e. The van der Waals surface area contributed by atoms with Crippen molar-refractivity contribution in [2.75, 3.05) is 13.7 Å². The van der Waals surface area contributed by atoms with E-state index in [0.717, 1.165) is 17.6 Å². The van der Waals surface area contributed by atoms with Gasteiger partial charge in [0, 0.05) is 37.2 Å². The number of nitrogens with zero attached hydrogens (tertiary/aromatic N) is 2. The van der Waals surface area contributed by atoms with Gasteiger partial charge in [-0.05, 0) is 61.0 Å². The third kappa shape index (κ3) is 7.25. The van der Waals surface area contributed by atoms with Gasteiger partial charge in [0.2, 0.25) is 10.0 Å². The third-order valence-electron chi connectivity index (χ3n) is 6.87. The number of esters is 1. The highest BCUT2D eigenvalue weighted by Gasteiger charge is 2.37. The van der Waals surface area contributed by atoms with Crippen molar-refractivity contribution in [2.24, 2.45) is 0 Å². The molecule has 0 spiro atoms. The van der Waals surface area contributed by atoms with Crippen LogP contribution in [-0.4, -0.2) is 52.0 Å². The van der Waals surface area contributed by atoms with E-state index >= 15 is 0 Å². The lowest BCUT2D eigenvalue weighted by Crippen LogP contribution is -2.43. The zero-order chi connectivity index (χ0) is 27.4. The van der Waals surface area contributed by atoms with Crippen LogP contribution in [0.15, 0.2) is 53.7 Å². The number of nitrogens with one attached hydrogen (secondary N) is 1. The van der Waals surface area contributed by atoms with Crippen molar-refractivity contribution in [1.82, 2.24) is 14.3 Å². The van der Waals surface area contributed by atoms with Crippen LogP contribution in [0, 0.1) is 5.82 Å². The van der Waals surface area contributed by atoms with Crippen LogP contribution < -0.4 is 4.72 Å². The van der Waals surface area contributed by atoms with E-state index in [1.54, 1.807) is 12.3 Å². The number of methoxy groups -OCH3 is 1. The number of rotatable bonds is 11. The minimum Gasteiger partial charge on any atom is -0.469 e. The molecule has 2 aromatic heterocycles. The van der Waals surface area contributed by atoms with Gasteiger partial charge in [-0.2, -0.15) is 0 Å². The molecule has 0 aliphatic rings. The second kappa shape index (κ2) is 11.4. The molecule has 8 nitrogen and oxygen atoms in total. The first-order valence-corrected chi connectivity index (χ1v) is 16.5. The van der Waals surface area contributed by atoms with Crippen LogP contribution in [0.25, 0.3) is 11.0 Å². The lowest BCUT2D eigenvalue weighted by molar-refractivity contribution is -0.139. The molecule has 0 amide bonds. The monoisotopic (exact) mass is 549 g/mol. The summed E-state index contributed by atoms with van der Waals surface area (Å²) in [5, 5.41) is 0.0151. The number of carbonyl (C=O) groups excluding carboxylic acids is 1. The van der Waals surface area contributed by atoms with Gasteiger partial charge in [-0.3, -0.25) is 9.78 Å². The van der Waals surface area contributed by atoms with Gasteiger partial charge in [0.1, 0.15) is 5.82 Å². The van der Waals surface area contributed by atoms with E-state index < -0.39 is 30.2 Å². The molecular weight excluding hydrogens is 513 g/mol. The van der Waals surface area contributed by atoms with Crippen molar-refractivity contribution in [1.29, 1.82) is 0 Å². The molecule has 3 rings (SSSR count). The fourth-order valence-electron chi connectivity index (χ4n) is 3.70. The van der Waals surface area contributed by atoms with E-state index in [2.05, 4.69) is 43.6 Å². The van der Waals surface area contributed by atoms with Crippen LogP contribution in [0.5, 0.6) is 0 Å². The number of pyridine rings is 1. The summed E-state index contributed by atoms with van der Waals surface area (Å²) in [6.45, 7) is 11.4. The summed E-state index contributed by atoms with van der Waals surface area (Å²) in [7, 11) is -4.64. The molecule has 0 aliphatic carbocycles. The van der Waals surface area contributed by atoms with E-state index in [9.17, 15) is 17.6 Å². The maximum absolute atomic E-state index is 13.4. The number of sulfonamides is 1. The molecule has 202 valence electrons. The lowest BCUT2D eigenvalue weighted by atomic mass is 10.2. The second-order valence-corrected chi connectivity index (χ2v) is 17.1. The van der Waals surface area contributed by atoms with E-state index in [0.29, 0.717) is 24.1 Å². The van der Waals surface area contributed by atoms with Crippen LogP contribution in [0.1, 0.15) is 32.8 Å². The normalized spacial score (nSPS) is 13.6. The van der Waals surface area contributed by atoms with Gasteiger partial charge in [0.25, 0.3) is 0 Å². The van der Waals surface area contributed by atoms with Gasteiger partial charge < -0.3 is 13.7 Å². The number of fused-ring (bicyclic) bond motifs is 1. The first kappa shape index (κ1) is 29.0. The third-order valence-corrected chi connectivity index (χ3v) is 12.9. The Morgan fingerprint density at radius 2 is 1.86 bits per heavy atom. The van der Waals surface area contributed by atoms with Gasteiger partial charge in [-0.25, -0.2) is 17.5 Å². The highest BCUT2D eigenvalue weighted by molar-refractivity contribution is 7.89. The summed E-state index contributed by atoms with van der Waals surface area (Å²) in [5.41, 5.74) is 2.13. The van der Waals surface area contributed by atoms with Crippen LogP contribution in [0.3, 0.4) is 0 Å². The fourth-order valence-corrected chi connectivity index (χ4v) is 6.02. The number of carbonyl (C=O) groups is 1. The minimum atomic E-state index is -3.92. The van der Waals surface area contributed by atoms with E-state index in [-0.39, 0.29) is 28.9 Å². The van der Waals surface area contributed by atoms with Crippen molar-refractivity contribution in [3.8, 4) is 0 Å². The quantitative estimate of drug-likeness (QED) is 0.276. The molecule has 0 radical (unpaired) electrons. The van der Waals surface area contributed by atoms with Gasteiger partial charge in [-0.1, -0.05) is 20.8 Å². The summed E-state index contributed by atoms with van der Waals surface area (Å²) in [5.74, 6) is -0.899. The second-order valence-electron chi connectivity index (χ2n) is 10.6. The molecule has 0 bridgehead atoms. The molecule has 0 unspecified atom stereocenters. The van der Waals surface area contributed by atoms with Crippen LogP contribution in [-0.2, 0) is 36.9 Å². The molecule has 0 saturated carbocycles. The maximum atomic E-state index is 13.4. The van der Waals surface area contributed by atoms with Gasteiger partial charge in [0.15, 0.2) is 8.32 Å². The largest absolute Gasteiger partial charge is 0.469 e. The number of hydrogen-bond acceptors (Lipinski definition) is 6.